The highest BCUT2D eigenvalue weighted by atomic mass is 16.6. The largest absolute Gasteiger partial charge is 0.508 e. The number of hydrogen-bond donors (Lipinski definition) is 3. The quantitative estimate of drug-likeness (QED) is 0.409. The first-order valence-electron chi connectivity index (χ1n) is 8.80. The van der Waals surface area contributed by atoms with Gasteiger partial charge in [0, 0.05) is 12.6 Å². The Morgan fingerprint density at radius 3 is 2.56 bits per heavy atom. The van der Waals surface area contributed by atoms with Gasteiger partial charge in [0.1, 0.15) is 30.0 Å². The molecule has 0 amide bonds. The summed E-state index contributed by atoms with van der Waals surface area (Å²) in [7, 11) is 0. The molecule has 0 radical (unpaired) electrons. The molecule has 0 aliphatic heterocycles. The van der Waals surface area contributed by atoms with E-state index >= 15 is 0 Å². The van der Waals surface area contributed by atoms with E-state index in [9.17, 15) is 15.0 Å². The fraction of sp³-hybridized carbons (Fsp3) is 0.350. The van der Waals surface area contributed by atoms with Crippen LogP contribution in [0.5, 0.6) is 17.2 Å². The van der Waals surface area contributed by atoms with Crippen molar-refractivity contribution in [2.45, 2.75) is 25.7 Å². The Labute approximate surface area is 158 Å². The van der Waals surface area contributed by atoms with Crippen molar-refractivity contribution in [1.82, 2.24) is 5.32 Å². The number of para-hydroxylation sites is 1. The lowest BCUT2D eigenvalue weighted by atomic mass is 10.3. The monoisotopic (exact) mass is 375 g/mol. The number of phenols is 1. The number of rotatable bonds is 11. The van der Waals surface area contributed by atoms with E-state index in [1.54, 1.807) is 36.4 Å². The maximum Gasteiger partial charge on any atom is 0.363 e. The van der Waals surface area contributed by atoms with Crippen molar-refractivity contribution in [3.63, 3.8) is 0 Å². The number of hydrogen-bond acceptors (Lipinski definition) is 7. The summed E-state index contributed by atoms with van der Waals surface area (Å²) in [5.74, 6) is 0.472. The van der Waals surface area contributed by atoms with E-state index in [1.165, 1.54) is 12.1 Å². The van der Waals surface area contributed by atoms with Crippen LogP contribution in [0.3, 0.4) is 0 Å². The molecule has 7 heteroatoms. The van der Waals surface area contributed by atoms with Gasteiger partial charge in [-0.05, 0) is 30.7 Å². The summed E-state index contributed by atoms with van der Waals surface area (Å²) in [4.78, 5) is 12.2. The van der Waals surface area contributed by atoms with E-state index in [1.807, 2.05) is 13.0 Å². The zero-order chi connectivity index (χ0) is 19.5. The van der Waals surface area contributed by atoms with Crippen molar-refractivity contribution in [3.05, 3.63) is 54.6 Å². The van der Waals surface area contributed by atoms with Gasteiger partial charge >= 0.3 is 5.97 Å². The molecule has 0 saturated heterocycles. The van der Waals surface area contributed by atoms with Crippen LogP contribution in [0.1, 0.15) is 13.3 Å². The molecule has 3 N–H and O–H groups in total. The minimum absolute atomic E-state index is 0.0154. The highest BCUT2D eigenvalue weighted by Crippen LogP contribution is 2.17. The predicted molar refractivity (Wildman–Crippen MR) is 99.7 cm³/mol. The number of ether oxygens (including phenoxy) is 3. The summed E-state index contributed by atoms with van der Waals surface area (Å²) >= 11 is 0. The lowest BCUT2D eigenvalue weighted by molar-refractivity contribution is -0.153. The second-order valence-electron chi connectivity index (χ2n) is 5.85. The summed E-state index contributed by atoms with van der Waals surface area (Å²) < 4.78 is 16.2. The number of carbonyl (C=O) groups is 1. The fourth-order valence-electron chi connectivity index (χ4n) is 2.15. The molecule has 2 aromatic carbocycles. The SMILES string of the molecule is CCCOC(=O)C(NCC(O)COc1cccc(O)c1)Oc1ccccc1. The number of carbonyl (C=O) groups excluding carboxylic acids is 1. The maximum atomic E-state index is 12.2. The van der Waals surface area contributed by atoms with Crippen molar-refractivity contribution >= 4 is 5.97 Å². The maximum absolute atomic E-state index is 12.2. The molecule has 27 heavy (non-hydrogen) atoms. The fourth-order valence-corrected chi connectivity index (χ4v) is 2.15. The van der Waals surface area contributed by atoms with E-state index in [0.29, 0.717) is 24.5 Å². The van der Waals surface area contributed by atoms with Crippen LogP contribution in [0.2, 0.25) is 0 Å². The molecule has 0 aliphatic rings. The Bertz CT molecular complexity index is 694. The third kappa shape index (κ3) is 7.55. The van der Waals surface area contributed by atoms with E-state index in [4.69, 9.17) is 14.2 Å². The van der Waals surface area contributed by atoms with Crippen molar-refractivity contribution in [2.75, 3.05) is 19.8 Å². The lowest BCUT2D eigenvalue weighted by Gasteiger charge is -2.21. The third-order valence-electron chi connectivity index (χ3n) is 3.46. The molecular formula is C20H25NO6. The number of benzene rings is 2. The van der Waals surface area contributed by atoms with Crippen LogP contribution in [0, 0.1) is 0 Å². The molecule has 0 bridgehead atoms. The van der Waals surface area contributed by atoms with Gasteiger partial charge in [-0.3, -0.25) is 5.32 Å². The molecular weight excluding hydrogens is 350 g/mol. The third-order valence-corrected chi connectivity index (χ3v) is 3.46. The lowest BCUT2D eigenvalue weighted by Crippen LogP contribution is -2.46. The number of phenolic OH excluding ortho intramolecular Hbond substituents is 1. The van der Waals surface area contributed by atoms with Crippen LogP contribution in [-0.4, -0.2) is 48.3 Å². The highest BCUT2D eigenvalue weighted by molar-refractivity contribution is 5.74. The van der Waals surface area contributed by atoms with Gasteiger partial charge in [-0.15, -0.1) is 0 Å². The second-order valence-corrected chi connectivity index (χ2v) is 5.85. The Morgan fingerprint density at radius 2 is 1.85 bits per heavy atom. The highest BCUT2D eigenvalue weighted by Gasteiger charge is 2.22. The summed E-state index contributed by atoms with van der Waals surface area (Å²) in [5.41, 5.74) is 0. The van der Waals surface area contributed by atoms with Crippen LogP contribution < -0.4 is 14.8 Å². The van der Waals surface area contributed by atoms with Crippen LogP contribution in [0.15, 0.2) is 54.6 Å². The van der Waals surface area contributed by atoms with Crippen molar-refractivity contribution < 1.29 is 29.2 Å². The van der Waals surface area contributed by atoms with Gasteiger partial charge in [-0.1, -0.05) is 31.2 Å². The Balaban J connectivity index is 1.86. The number of aliphatic hydroxyl groups excluding tert-OH is 1. The number of esters is 1. The molecule has 146 valence electrons. The first-order valence-corrected chi connectivity index (χ1v) is 8.80. The molecule has 2 rings (SSSR count). The molecule has 0 fully saturated rings. The van der Waals surface area contributed by atoms with Gasteiger partial charge in [0.25, 0.3) is 0 Å². The summed E-state index contributed by atoms with van der Waals surface area (Å²) in [6.45, 7) is 2.23. The number of aromatic hydroxyl groups is 1. The molecule has 0 heterocycles. The minimum atomic E-state index is -1.05. The molecule has 0 saturated carbocycles. The Morgan fingerprint density at radius 1 is 1.11 bits per heavy atom. The first kappa shape index (κ1) is 20.5. The summed E-state index contributed by atoms with van der Waals surface area (Å²) in [6.07, 6.45) is -1.24. The number of nitrogens with one attached hydrogen (secondary N) is 1. The molecule has 2 aromatic rings. The molecule has 0 aliphatic carbocycles. The molecule has 0 aromatic heterocycles. The molecule has 7 nitrogen and oxygen atoms in total. The second kappa shape index (κ2) is 11.1. The molecule has 2 unspecified atom stereocenters. The minimum Gasteiger partial charge on any atom is -0.508 e. The standard InChI is InChI=1S/C20H25NO6/c1-2-11-25-20(24)19(27-17-8-4-3-5-9-17)21-13-16(23)14-26-18-10-6-7-15(22)12-18/h3-10,12,16,19,21-23H,2,11,13-14H2,1H3. The summed E-state index contributed by atoms with van der Waals surface area (Å²) in [6, 6.07) is 15.2. The van der Waals surface area contributed by atoms with Crippen LogP contribution in [0.4, 0.5) is 0 Å². The number of aliphatic hydroxyl groups is 1. The average Bonchev–Trinajstić information content (AvgIpc) is 2.68. The molecule has 2 atom stereocenters. The Kier molecular flexibility index (Phi) is 8.41. The average molecular weight is 375 g/mol. The smallest absolute Gasteiger partial charge is 0.363 e. The van der Waals surface area contributed by atoms with E-state index in [-0.39, 0.29) is 18.9 Å². The van der Waals surface area contributed by atoms with E-state index in [2.05, 4.69) is 5.32 Å². The predicted octanol–water partition coefficient (Wildman–Crippen LogP) is 2.08. The van der Waals surface area contributed by atoms with E-state index in [0.717, 1.165) is 0 Å². The zero-order valence-corrected chi connectivity index (χ0v) is 15.2. The van der Waals surface area contributed by atoms with Crippen LogP contribution in [-0.2, 0) is 9.53 Å². The Hall–Kier alpha value is -2.77. The van der Waals surface area contributed by atoms with Crippen LogP contribution >= 0.6 is 0 Å². The van der Waals surface area contributed by atoms with Crippen molar-refractivity contribution in [3.8, 4) is 17.2 Å². The van der Waals surface area contributed by atoms with Crippen molar-refractivity contribution in [2.24, 2.45) is 0 Å². The van der Waals surface area contributed by atoms with Gasteiger partial charge in [0.15, 0.2) is 0 Å². The zero-order valence-electron chi connectivity index (χ0n) is 15.2. The van der Waals surface area contributed by atoms with Gasteiger partial charge in [0.2, 0.25) is 6.23 Å². The van der Waals surface area contributed by atoms with Gasteiger partial charge in [0.05, 0.1) is 6.61 Å². The normalized spacial score (nSPS) is 12.8. The topological polar surface area (TPSA) is 97.3 Å². The van der Waals surface area contributed by atoms with E-state index < -0.39 is 18.3 Å². The molecule has 0 spiro atoms. The first-order chi connectivity index (χ1) is 13.1. The van der Waals surface area contributed by atoms with Crippen molar-refractivity contribution in [1.29, 1.82) is 0 Å². The van der Waals surface area contributed by atoms with Gasteiger partial charge in [-0.2, -0.15) is 0 Å². The van der Waals surface area contributed by atoms with Crippen LogP contribution in [0.25, 0.3) is 0 Å². The van der Waals surface area contributed by atoms with Gasteiger partial charge in [-0.25, -0.2) is 4.79 Å². The van der Waals surface area contributed by atoms with Gasteiger partial charge < -0.3 is 24.4 Å². The summed E-state index contributed by atoms with van der Waals surface area (Å²) in [5, 5.41) is 22.3.